The Kier molecular flexibility index (Phi) is 6.33. The Morgan fingerprint density at radius 1 is 1.30 bits per heavy atom. The summed E-state index contributed by atoms with van der Waals surface area (Å²) in [5.41, 5.74) is 0. The van der Waals surface area contributed by atoms with Crippen molar-refractivity contribution in [2.75, 3.05) is 19.8 Å². The first kappa shape index (κ1) is 17.3. The summed E-state index contributed by atoms with van der Waals surface area (Å²) in [6.07, 6.45) is 2.38. The zero-order valence-corrected chi connectivity index (χ0v) is 12.4. The quantitative estimate of drug-likeness (QED) is 0.509. The Hall–Kier alpha value is -0.750. The molecule has 1 fully saturated rings. The van der Waals surface area contributed by atoms with Crippen LogP contribution in [0.5, 0.6) is 0 Å². The van der Waals surface area contributed by atoms with Crippen LogP contribution in [0.4, 0.5) is 8.78 Å². The highest BCUT2D eigenvalue weighted by Gasteiger charge is 2.63. The lowest BCUT2D eigenvalue weighted by Gasteiger charge is -2.37. The molecule has 1 unspecified atom stereocenters. The molecule has 1 aliphatic heterocycles. The molecule has 0 amide bonds. The number of carbonyl (C=O) groups excluding carboxylic acids is 1. The molecular formula is C14H24F2O4. The van der Waals surface area contributed by atoms with Crippen LogP contribution in [0.2, 0.25) is 0 Å². The highest BCUT2D eigenvalue weighted by molar-refractivity contribution is 5.73. The molecule has 0 aliphatic carbocycles. The zero-order chi connectivity index (χ0) is 15.2. The number of rotatable bonds is 8. The van der Waals surface area contributed by atoms with Gasteiger partial charge in [-0.15, -0.1) is 0 Å². The largest absolute Gasteiger partial charge is 0.466 e. The van der Waals surface area contributed by atoms with Crippen LogP contribution < -0.4 is 0 Å². The van der Waals surface area contributed by atoms with Crippen LogP contribution in [0.25, 0.3) is 0 Å². The van der Waals surface area contributed by atoms with Gasteiger partial charge in [0.05, 0.1) is 19.8 Å². The second-order valence-electron chi connectivity index (χ2n) is 5.00. The Morgan fingerprint density at radius 3 is 2.40 bits per heavy atom. The van der Waals surface area contributed by atoms with Crippen LogP contribution >= 0.6 is 0 Å². The minimum atomic E-state index is -3.41. The molecule has 0 aromatic heterocycles. The van der Waals surface area contributed by atoms with Gasteiger partial charge in [-0.25, -0.2) is 0 Å². The zero-order valence-electron chi connectivity index (χ0n) is 12.4. The Labute approximate surface area is 118 Å². The van der Waals surface area contributed by atoms with Crippen molar-refractivity contribution in [2.24, 2.45) is 5.92 Å². The molecule has 20 heavy (non-hydrogen) atoms. The number of halogens is 2. The third-order valence-corrected chi connectivity index (χ3v) is 3.56. The molecule has 1 heterocycles. The van der Waals surface area contributed by atoms with Crippen molar-refractivity contribution in [3.63, 3.8) is 0 Å². The predicted molar refractivity (Wildman–Crippen MR) is 69.5 cm³/mol. The van der Waals surface area contributed by atoms with Gasteiger partial charge in [0.15, 0.2) is 0 Å². The molecule has 0 aromatic rings. The molecule has 1 atom stereocenters. The molecule has 0 radical (unpaired) electrons. The van der Waals surface area contributed by atoms with Crippen molar-refractivity contribution in [2.45, 2.75) is 58.2 Å². The summed E-state index contributed by atoms with van der Waals surface area (Å²) in [5.74, 6) is -7.92. The molecule has 1 rings (SSSR count). The first-order chi connectivity index (χ1) is 9.41. The molecule has 1 saturated heterocycles. The smallest absolute Gasteiger partial charge is 0.315 e. The van der Waals surface area contributed by atoms with Gasteiger partial charge < -0.3 is 14.2 Å². The second kappa shape index (κ2) is 7.31. The van der Waals surface area contributed by atoms with E-state index in [1.165, 1.54) is 0 Å². The van der Waals surface area contributed by atoms with E-state index < -0.39 is 23.6 Å². The van der Waals surface area contributed by atoms with Gasteiger partial charge in [0.2, 0.25) is 5.79 Å². The van der Waals surface area contributed by atoms with E-state index in [1.807, 2.05) is 6.92 Å². The van der Waals surface area contributed by atoms with Crippen LogP contribution in [0.1, 0.15) is 46.5 Å². The first-order valence-electron chi connectivity index (χ1n) is 7.23. The van der Waals surface area contributed by atoms with Crippen LogP contribution in [0.15, 0.2) is 0 Å². The van der Waals surface area contributed by atoms with Crippen LogP contribution in [0.3, 0.4) is 0 Å². The highest BCUT2D eigenvalue weighted by atomic mass is 19.3. The summed E-state index contributed by atoms with van der Waals surface area (Å²) >= 11 is 0. The Morgan fingerprint density at radius 2 is 1.90 bits per heavy atom. The van der Waals surface area contributed by atoms with Gasteiger partial charge >= 0.3 is 11.9 Å². The molecule has 1 aliphatic rings. The van der Waals surface area contributed by atoms with E-state index in [2.05, 4.69) is 0 Å². The fourth-order valence-corrected chi connectivity index (χ4v) is 2.31. The molecular weight excluding hydrogens is 270 g/mol. The summed E-state index contributed by atoms with van der Waals surface area (Å²) < 4.78 is 44.4. The number of unbranched alkanes of at least 4 members (excludes halogenated alkanes) is 2. The van der Waals surface area contributed by atoms with Crippen LogP contribution in [-0.4, -0.2) is 37.5 Å². The SMILES string of the molecule is CCCCCC1(C(F)(F)C(C)C(=O)OCC)OCCO1. The molecule has 6 heteroatoms. The van der Waals surface area contributed by atoms with E-state index in [-0.39, 0.29) is 26.2 Å². The predicted octanol–water partition coefficient (Wildman–Crippen LogP) is 3.14. The fourth-order valence-electron chi connectivity index (χ4n) is 2.31. The van der Waals surface area contributed by atoms with Crippen molar-refractivity contribution in [3.8, 4) is 0 Å². The summed E-state index contributed by atoms with van der Waals surface area (Å²) in [6, 6.07) is 0. The average Bonchev–Trinajstić information content (AvgIpc) is 2.89. The molecule has 118 valence electrons. The van der Waals surface area contributed by atoms with Gasteiger partial charge in [-0.3, -0.25) is 4.79 Å². The molecule has 0 spiro atoms. The number of alkyl halides is 2. The maximum Gasteiger partial charge on any atom is 0.315 e. The van der Waals surface area contributed by atoms with E-state index in [9.17, 15) is 13.6 Å². The molecule has 0 bridgehead atoms. The Bertz CT molecular complexity index is 314. The maximum absolute atomic E-state index is 14.6. The summed E-state index contributed by atoms with van der Waals surface area (Å²) in [6.45, 7) is 5.05. The topological polar surface area (TPSA) is 44.8 Å². The third-order valence-electron chi connectivity index (χ3n) is 3.56. The van der Waals surface area contributed by atoms with E-state index in [0.29, 0.717) is 6.42 Å². The molecule has 0 aromatic carbocycles. The first-order valence-corrected chi connectivity index (χ1v) is 7.23. The average molecular weight is 294 g/mol. The van der Waals surface area contributed by atoms with Crippen molar-refractivity contribution in [3.05, 3.63) is 0 Å². The van der Waals surface area contributed by atoms with Gasteiger partial charge in [-0.05, 0) is 20.3 Å². The molecule has 0 N–H and O–H groups in total. The van der Waals surface area contributed by atoms with E-state index in [4.69, 9.17) is 14.2 Å². The van der Waals surface area contributed by atoms with Gasteiger partial charge in [0.1, 0.15) is 5.92 Å². The van der Waals surface area contributed by atoms with Crippen LogP contribution in [0, 0.1) is 5.92 Å². The maximum atomic E-state index is 14.6. The summed E-state index contributed by atoms with van der Waals surface area (Å²) in [5, 5.41) is 0. The minimum Gasteiger partial charge on any atom is -0.466 e. The lowest BCUT2D eigenvalue weighted by molar-refractivity contribution is -0.308. The summed E-state index contributed by atoms with van der Waals surface area (Å²) in [4.78, 5) is 11.6. The monoisotopic (exact) mass is 294 g/mol. The van der Waals surface area contributed by atoms with Gasteiger partial charge in [-0.2, -0.15) is 8.78 Å². The summed E-state index contributed by atoms with van der Waals surface area (Å²) in [7, 11) is 0. The van der Waals surface area contributed by atoms with Crippen LogP contribution in [-0.2, 0) is 19.0 Å². The number of hydrogen-bond acceptors (Lipinski definition) is 4. The van der Waals surface area contributed by atoms with E-state index >= 15 is 0 Å². The lowest BCUT2D eigenvalue weighted by atomic mass is 9.91. The molecule has 4 nitrogen and oxygen atoms in total. The fraction of sp³-hybridized carbons (Fsp3) is 0.929. The van der Waals surface area contributed by atoms with Crippen molar-refractivity contribution < 1.29 is 27.8 Å². The molecule has 0 saturated carbocycles. The number of carbonyl (C=O) groups is 1. The number of hydrogen-bond donors (Lipinski definition) is 0. The van der Waals surface area contributed by atoms with E-state index in [0.717, 1.165) is 19.8 Å². The highest BCUT2D eigenvalue weighted by Crippen LogP contribution is 2.45. The van der Waals surface area contributed by atoms with Crippen molar-refractivity contribution in [1.82, 2.24) is 0 Å². The normalized spacial score (nSPS) is 19.9. The third kappa shape index (κ3) is 3.47. The van der Waals surface area contributed by atoms with E-state index in [1.54, 1.807) is 6.92 Å². The minimum absolute atomic E-state index is 0.0732. The number of ether oxygens (including phenoxy) is 3. The van der Waals surface area contributed by atoms with Gasteiger partial charge in [-0.1, -0.05) is 19.8 Å². The standard InChI is InChI=1S/C14H24F2O4/c1-4-6-7-8-13(19-9-10-20-13)14(15,16)11(3)12(17)18-5-2/h11H,4-10H2,1-3H3. The number of esters is 1. The van der Waals surface area contributed by atoms with Gasteiger partial charge in [0, 0.05) is 6.42 Å². The lowest BCUT2D eigenvalue weighted by Crippen LogP contribution is -2.55. The van der Waals surface area contributed by atoms with Gasteiger partial charge in [0.25, 0.3) is 0 Å². The Balaban J connectivity index is 2.84. The van der Waals surface area contributed by atoms with Crippen molar-refractivity contribution in [1.29, 1.82) is 0 Å². The van der Waals surface area contributed by atoms with Crippen molar-refractivity contribution >= 4 is 5.97 Å². The second-order valence-corrected chi connectivity index (χ2v) is 5.00.